The molecule has 0 radical (unpaired) electrons. The Morgan fingerprint density at radius 2 is 1.44 bits per heavy atom. The molecule has 9 rings (SSSR count). The third kappa shape index (κ3) is 5.38. The number of fused-ring (bicyclic) bond motifs is 8. The minimum absolute atomic E-state index is 0.000649. The lowest BCUT2D eigenvalue weighted by Crippen LogP contribution is -2.39. The first-order chi connectivity index (χ1) is 25.3. The number of methoxy groups -OCH3 is 1. The van der Waals surface area contributed by atoms with Crippen LogP contribution in [0.15, 0.2) is 96.0 Å². The van der Waals surface area contributed by atoms with E-state index in [1.807, 2.05) is 89.7 Å². The Bertz CT molecular complexity index is 2320. The molecule has 0 saturated carbocycles. The zero-order chi connectivity index (χ0) is 35.5. The number of amides is 2. The van der Waals surface area contributed by atoms with Crippen LogP contribution in [-0.4, -0.2) is 43.8 Å². The topological polar surface area (TPSA) is 119 Å². The molecule has 10 nitrogen and oxygen atoms in total. The van der Waals surface area contributed by atoms with Crippen LogP contribution < -0.4 is 35.1 Å². The first kappa shape index (κ1) is 31.7. The predicted octanol–water partition coefficient (Wildman–Crippen LogP) is 7.03. The van der Waals surface area contributed by atoms with Crippen LogP contribution in [0, 0.1) is 6.92 Å². The van der Waals surface area contributed by atoms with Crippen LogP contribution in [0.4, 0.5) is 28.4 Å². The lowest BCUT2D eigenvalue weighted by atomic mass is 10.1. The molecule has 0 aliphatic carbocycles. The number of benzene rings is 5. The van der Waals surface area contributed by atoms with Gasteiger partial charge in [-0.15, -0.1) is 0 Å². The van der Waals surface area contributed by atoms with Crippen molar-refractivity contribution in [1.29, 1.82) is 0 Å². The van der Waals surface area contributed by atoms with E-state index >= 15 is 0 Å². The fourth-order valence-electron chi connectivity index (χ4n) is 7.89. The van der Waals surface area contributed by atoms with Crippen molar-refractivity contribution in [3.8, 4) is 17.2 Å². The van der Waals surface area contributed by atoms with Gasteiger partial charge in [0.15, 0.2) is 11.5 Å². The average Bonchev–Trinajstić information content (AvgIpc) is 3.64. The molecule has 0 bridgehead atoms. The fraction of sp³-hybridized carbons (Fsp3) is 0.214. The van der Waals surface area contributed by atoms with Crippen molar-refractivity contribution in [2.75, 3.05) is 34.5 Å². The minimum atomic E-state index is -0.148. The normalized spacial score (nSPS) is 17.9. The Hall–Kier alpha value is -6.29. The first-order valence-electron chi connectivity index (χ1n) is 17.5. The Morgan fingerprint density at radius 3 is 2.19 bits per heavy atom. The lowest BCUT2D eigenvalue weighted by molar-refractivity contribution is 0.0977. The van der Waals surface area contributed by atoms with E-state index in [2.05, 4.69) is 17.4 Å². The Morgan fingerprint density at radius 1 is 0.769 bits per heavy atom. The second-order valence-electron chi connectivity index (χ2n) is 13.7. The second kappa shape index (κ2) is 12.5. The molecule has 4 heterocycles. The Labute approximate surface area is 301 Å². The van der Waals surface area contributed by atoms with E-state index in [4.69, 9.17) is 24.9 Å². The molecule has 0 fully saturated rings. The summed E-state index contributed by atoms with van der Waals surface area (Å²) in [5.41, 5.74) is 16.1. The van der Waals surface area contributed by atoms with Crippen LogP contribution in [-0.2, 0) is 26.1 Å². The summed E-state index contributed by atoms with van der Waals surface area (Å²) in [6.07, 6.45) is 3.39. The highest BCUT2D eigenvalue weighted by Crippen LogP contribution is 2.42. The van der Waals surface area contributed by atoms with Crippen molar-refractivity contribution in [2.24, 2.45) is 4.99 Å². The minimum Gasteiger partial charge on any atom is -0.493 e. The van der Waals surface area contributed by atoms with E-state index in [9.17, 15) is 9.59 Å². The van der Waals surface area contributed by atoms with E-state index in [0.717, 1.165) is 52.2 Å². The van der Waals surface area contributed by atoms with E-state index in [1.165, 1.54) is 5.56 Å². The standard InChI is InChI=1S/C42H37N5O5/c1-24-11-32-34(44-20-30-15-27-7-3-5-9-36(27)46(30)41(32)48)18-38(24)51-22-25-12-26(14-29(43)13-25)23-52-40-19-35-33(17-39(40)50-2)42(49)47-31(21-45-35)16-28-8-4-6-10-37(28)47/h3-14,17-19,21,30-31,44H,15-16,20,22-23,43H2,1-2H3/t30-,31-/m0/s1. The number of aliphatic imine (C=N–C) groups is 1. The summed E-state index contributed by atoms with van der Waals surface area (Å²) in [5.74, 6) is 1.48. The van der Waals surface area contributed by atoms with Gasteiger partial charge in [-0.25, -0.2) is 0 Å². The predicted molar refractivity (Wildman–Crippen MR) is 202 cm³/mol. The lowest BCUT2D eigenvalue weighted by Gasteiger charge is -2.22. The van der Waals surface area contributed by atoms with Crippen molar-refractivity contribution in [3.05, 3.63) is 130 Å². The van der Waals surface area contributed by atoms with Gasteiger partial charge in [0.1, 0.15) is 19.0 Å². The third-order valence-corrected chi connectivity index (χ3v) is 10.4. The number of anilines is 4. The van der Waals surface area contributed by atoms with Crippen LogP contribution in [0.3, 0.4) is 0 Å². The fourth-order valence-corrected chi connectivity index (χ4v) is 7.89. The summed E-state index contributed by atoms with van der Waals surface area (Å²) in [6.45, 7) is 3.08. The number of ether oxygens (including phenoxy) is 3. The summed E-state index contributed by atoms with van der Waals surface area (Å²) < 4.78 is 18.3. The average molecular weight is 692 g/mol. The number of carbonyl (C=O) groups is 2. The first-order valence-corrected chi connectivity index (χ1v) is 17.5. The number of nitrogens with zero attached hydrogens (tertiary/aromatic N) is 3. The summed E-state index contributed by atoms with van der Waals surface area (Å²) in [5, 5.41) is 3.51. The zero-order valence-corrected chi connectivity index (χ0v) is 28.9. The van der Waals surface area contributed by atoms with Gasteiger partial charge in [0.25, 0.3) is 11.8 Å². The Kier molecular flexibility index (Phi) is 7.61. The van der Waals surface area contributed by atoms with E-state index in [1.54, 1.807) is 19.2 Å². The van der Waals surface area contributed by atoms with Crippen LogP contribution in [0.1, 0.15) is 48.5 Å². The van der Waals surface area contributed by atoms with E-state index in [0.29, 0.717) is 46.3 Å². The van der Waals surface area contributed by atoms with Crippen molar-refractivity contribution in [1.82, 2.24) is 0 Å². The van der Waals surface area contributed by atoms with Crippen molar-refractivity contribution >= 4 is 46.5 Å². The highest BCUT2D eigenvalue weighted by atomic mass is 16.5. The quantitative estimate of drug-likeness (QED) is 0.176. The summed E-state index contributed by atoms with van der Waals surface area (Å²) in [4.78, 5) is 36.0. The van der Waals surface area contributed by atoms with E-state index < -0.39 is 0 Å². The second-order valence-corrected chi connectivity index (χ2v) is 13.7. The number of nitrogen functional groups attached to an aromatic ring is 1. The van der Waals surface area contributed by atoms with Gasteiger partial charge < -0.3 is 30.2 Å². The van der Waals surface area contributed by atoms with Crippen molar-refractivity contribution in [3.63, 3.8) is 0 Å². The Balaban J connectivity index is 0.909. The summed E-state index contributed by atoms with van der Waals surface area (Å²) in [6, 6.07) is 29.0. The number of rotatable bonds is 7. The van der Waals surface area contributed by atoms with Gasteiger partial charge in [-0.2, -0.15) is 0 Å². The van der Waals surface area contributed by atoms with Crippen LogP contribution in [0.25, 0.3) is 0 Å². The molecule has 2 amide bonds. The third-order valence-electron chi connectivity index (χ3n) is 10.4. The maximum Gasteiger partial charge on any atom is 0.261 e. The SMILES string of the molecule is COc1cc2c(cc1OCc1cc(N)cc(COc3cc4c(cc3C)C(=O)N3c5ccccc5C[C@H]3CN4)c1)N=C[C@@H]1Cc3ccccc3N1C2=O. The monoisotopic (exact) mass is 691 g/mol. The van der Waals surface area contributed by atoms with Gasteiger partial charge >= 0.3 is 0 Å². The molecule has 4 aliphatic rings. The maximum absolute atomic E-state index is 13.8. The van der Waals surface area contributed by atoms with Crippen LogP contribution in [0.2, 0.25) is 0 Å². The zero-order valence-electron chi connectivity index (χ0n) is 28.9. The smallest absolute Gasteiger partial charge is 0.261 e. The molecule has 5 aromatic rings. The van der Waals surface area contributed by atoms with Gasteiger partial charge in [0.05, 0.1) is 41.7 Å². The summed E-state index contributed by atoms with van der Waals surface area (Å²) in [7, 11) is 1.56. The molecule has 0 unspecified atom stereocenters. The van der Waals surface area contributed by atoms with Gasteiger partial charge in [0.2, 0.25) is 0 Å². The number of carbonyl (C=O) groups excluding carboxylic acids is 2. The molecular weight excluding hydrogens is 654 g/mol. The highest BCUT2D eigenvalue weighted by Gasteiger charge is 2.38. The molecule has 4 aliphatic heterocycles. The molecule has 2 atom stereocenters. The number of aryl methyl sites for hydroxylation is 1. The molecule has 260 valence electrons. The molecule has 0 saturated heterocycles. The number of hydrogen-bond donors (Lipinski definition) is 2. The molecule has 3 N–H and O–H groups in total. The highest BCUT2D eigenvalue weighted by molar-refractivity contribution is 6.15. The molecule has 5 aromatic carbocycles. The number of para-hydroxylation sites is 2. The van der Waals surface area contributed by atoms with Crippen LogP contribution >= 0.6 is 0 Å². The number of nitrogens with two attached hydrogens (primary N) is 1. The molecule has 10 heteroatoms. The van der Waals surface area contributed by atoms with Gasteiger partial charge in [0, 0.05) is 48.4 Å². The molecule has 52 heavy (non-hydrogen) atoms. The van der Waals surface area contributed by atoms with Gasteiger partial charge in [-0.3, -0.25) is 19.5 Å². The number of nitrogens with one attached hydrogen (secondary N) is 1. The van der Waals surface area contributed by atoms with Gasteiger partial charge in [-0.05, 0) is 83.6 Å². The number of hydrogen-bond acceptors (Lipinski definition) is 8. The molecule has 0 spiro atoms. The van der Waals surface area contributed by atoms with Crippen LogP contribution in [0.5, 0.6) is 17.2 Å². The largest absolute Gasteiger partial charge is 0.493 e. The van der Waals surface area contributed by atoms with Crippen molar-refractivity contribution in [2.45, 2.75) is 45.1 Å². The molecular formula is C42H37N5O5. The molecule has 0 aromatic heterocycles. The summed E-state index contributed by atoms with van der Waals surface area (Å²) >= 11 is 0. The van der Waals surface area contributed by atoms with Gasteiger partial charge in [-0.1, -0.05) is 36.4 Å². The van der Waals surface area contributed by atoms with E-state index in [-0.39, 0.29) is 37.1 Å². The maximum atomic E-state index is 13.8. The van der Waals surface area contributed by atoms with Crippen molar-refractivity contribution < 1.29 is 23.8 Å².